The van der Waals surface area contributed by atoms with Crippen LogP contribution in [0.1, 0.15) is 17.0 Å². The first-order valence-electron chi connectivity index (χ1n) is 5.55. The number of halogens is 1. The monoisotopic (exact) mass is 330 g/mol. The Labute approximate surface area is 116 Å². The molecule has 1 aliphatic heterocycles. The molecule has 19 heavy (non-hydrogen) atoms. The number of amides is 2. The minimum absolute atomic E-state index is 0.0666. The number of piperazine rings is 1. The van der Waals surface area contributed by atoms with E-state index in [2.05, 4.69) is 21.2 Å². The molecule has 0 aliphatic carbocycles. The third kappa shape index (κ3) is 2.95. The Hall–Kier alpha value is -1.83. The number of hydrogen-bond acceptors (Lipinski definition) is 4. The van der Waals surface area contributed by atoms with Crippen molar-refractivity contribution in [3.63, 3.8) is 0 Å². The molecule has 0 bridgehead atoms. The largest absolute Gasteiger partial charge is 0.481 e. The second-order valence-electron chi connectivity index (χ2n) is 4.01. The smallest absolute Gasteiger partial charge is 0.305 e. The third-order valence-corrected chi connectivity index (χ3v) is 3.17. The number of carbonyl (C=O) groups excluding carboxylic acids is 2. The molecule has 0 radical (unpaired) electrons. The van der Waals surface area contributed by atoms with E-state index in [0.29, 0.717) is 11.2 Å². The molecule has 1 fully saturated rings. The van der Waals surface area contributed by atoms with Crippen LogP contribution in [0.5, 0.6) is 0 Å². The molecule has 8 heteroatoms. The number of aliphatic carboxylic acids is 1. The van der Waals surface area contributed by atoms with Gasteiger partial charge in [-0.05, 0) is 28.1 Å². The second-order valence-corrected chi connectivity index (χ2v) is 4.79. The summed E-state index contributed by atoms with van der Waals surface area (Å²) in [5, 5.41) is 11.4. The first-order chi connectivity index (χ1) is 8.99. The van der Waals surface area contributed by atoms with Crippen LogP contribution in [0, 0.1) is 0 Å². The van der Waals surface area contributed by atoms with Crippen molar-refractivity contribution < 1.29 is 23.9 Å². The zero-order chi connectivity index (χ0) is 14.0. The van der Waals surface area contributed by atoms with Crippen molar-refractivity contribution in [1.82, 2.24) is 10.2 Å². The van der Waals surface area contributed by atoms with Gasteiger partial charge in [-0.15, -0.1) is 0 Å². The normalized spacial score (nSPS) is 19.1. The predicted molar refractivity (Wildman–Crippen MR) is 66.5 cm³/mol. The number of furan rings is 1. The minimum atomic E-state index is -1.14. The highest BCUT2D eigenvalue weighted by Crippen LogP contribution is 2.18. The summed E-state index contributed by atoms with van der Waals surface area (Å²) in [5.41, 5.74) is 0. The van der Waals surface area contributed by atoms with Gasteiger partial charge in [0.15, 0.2) is 10.4 Å². The van der Waals surface area contributed by atoms with Crippen LogP contribution >= 0.6 is 15.9 Å². The second kappa shape index (κ2) is 5.43. The lowest BCUT2D eigenvalue weighted by molar-refractivity contribution is -0.142. The summed E-state index contributed by atoms with van der Waals surface area (Å²) < 4.78 is 5.53. The van der Waals surface area contributed by atoms with Crippen LogP contribution in [0.25, 0.3) is 0 Å². The first kappa shape index (κ1) is 13.6. The standard InChI is InChI=1S/C11H11BrN2O5/c12-8-2-1-7(19-8)11(18)14-4-3-13-10(17)6(14)5-9(15)16/h1-2,6H,3-5H2,(H,13,17)(H,15,16). The van der Waals surface area contributed by atoms with Crippen molar-refractivity contribution in [3.05, 3.63) is 22.6 Å². The third-order valence-electron chi connectivity index (χ3n) is 2.74. The fourth-order valence-corrected chi connectivity index (χ4v) is 2.20. The maximum atomic E-state index is 12.2. The summed E-state index contributed by atoms with van der Waals surface area (Å²) in [6, 6.07) is 2.02. The Kier molecular flexibility index (Phi) is 3.89. The van der Waals surface area contributed by atoms with E-state index < -0.39 is 30.2 Å². The number of rotatable bonds is 3. The zero-order valence-electron chi connectivity index (χ0n) is 9.76. The SMILES string of the molecule is O=C(O)CC1C(=O)NCCN1C(=O)c1ccc(Br)o1. The fraction of sp³-hybridized carbons (Fsp3) is 0.364. The molecule has 7 nitrogen and oxygen atoms in total. The first-order valence-corrected chi connectivity index (χ1v) is 6.34. The summed E-state index contributed by atoms with van der Waals surface area (Å²) >= 11 is 3.08. The van der Waals surface area contributed by atoms with E-state index >= 15 is 0 Å². The maximum absolute atomic E-state index is 12.2. The van der Waals surface area contributed by atoms with E-state index in [9.17, 15) is 14.4 Å². The van der Waals surface area contributed by atoms with Crippen LogP contribution in [0.15, 0.2) is 21.2 Å². The summed E-state index contributed by atoms with van der Waals surface area (Å²) in [7, 11) is 0. The number of hydrogen-bond donors (Lipinski definition) is 2. The summed E-state index contributed by atoms with van der Waals surface area (Å²) in [6.45, 7) is 0.545. The van der Waals surface area contributed by atoms with Gasteiger partial charge in [-0.3, -0.25) is 14.4 Å². The highest BCUT2D eigenvalue weighted by atomic mass is 79.9. The summed E-state index contributed by atoms with van der Waals surface area (Å²) in [5.74, 6) is -2.03. The Morgan fingerprint density at radius 2 is 2.26 bits per heavy atom. The van der Waals surface area contributed by atoms with E-state index in [4.69, 9.17) is 9.52 Å². The number of carboxylic acids is 1. The molecule has 1 atom stereocenters. The molecular formula is C11H11BrN2O5. The lowest BCUT2D eigenvalue weighted by Gasteiger charge is -2.33. The van der Waals surface area contributed by atoms with Gasteiger partial charge >= 0.3 is 5.97 Å². The molecule has 1 saturated heterocycles. The Balaban J connectivity index is 2.22. The number of carbonyl (C=O) groups is 3. The molecule has 2 heterocycles. The molecule has 2 amide bonds. The Bertz CT molecular complexity index is 527. The van der Waals surface area contributed by atoms with Crippen LogP contribution < -0.4 is 5.32 Å². The summed E-state index contributed by atoms with van der Waals surface area (Å²) in [4.78, 5) is 35.9. The van der Waals surface area contributed by atoms with Gasteiger partial charge in [0.2, 0.25) is 5.91 Å². The van der Waals surface area contributed by atoms with Gasteiger partial charge in [-0.1, -0.05) is 0 Å². The van der Waals surface area contributed by atoms with Crippen LogP contribution in [0.4, 0.5) is 0 Å². The van der Waals surface area contributed by atoms with E-state index in [1.165, 1.54) is 11.0 Å². The number of nitrogens with zero attached hydrogens (tertiary/aromatic N) is 1. The molecule has 102 valence electrons. The number of carboxylic acid groups (broad SMARTS) is 1. The topological polar surface area (TPSA) is 99.8 Å². The average Bonchev–Trinajstić information content (AvgIpc) is 2.77. The fourth-order valence-electron chi connectivity index (χ4n) is 1.90. The molecule has 1 aromatic rings. The minimum Gasteiger partial charge on any atom is -0.481 e. The van der Waals surface area contributed by atoms with Gasteiger partial charge in [-0.2, -0.15) is 0 Å². The molecule has 0 spiro atoms. The lowest BCUT2D eigenvalue weighted by Crippen LogP contribution is -2.57. The molecule has 2 N–H and O–H groups in total. The molecule has 0 aromatic carbocycles. The van der Waals surface area contributed by atoms with Crippen molar-refractivity contribution in [2.75, 3.05) is 13.1 Å². The van der Waals surface area contributed by atoms with Crippen molar-refractivity contribution in [3.8, 4) is 0 Å². The van der Waals surface area contributed by atoms with E-state index in [1.807, 2.05) is 0 Å². The van der Waals surface area contributed by atoms with Gasteiger partial charge < -0.3 is 19.7 Å². The molecule has 1 aromatic heterocycles. The van der Waals surface area contributed by atoms with Crippen LogP contribution in [0.3, 0.4) is 0 Å². The molecule has 1 unspecified atom stereocenters. The molecule has 0 saturated carbocycles. The summed E-state index contributed by atoms with van der Waals surface area (Å²) in [6.07, 6.45) is -0.431. The zero-order valence-corrected chi connectivity index (χ0v) is 11.3. The quantitative estimate of drug-likeness (QED) is 0.838. The maximum Gasteiger partial charge on any atom is 0.305 e. The Morgan fingerprint density at radius 3 is 2.84 bits per heavy atom. The van der Waals surface area contributed by atoms with E-state index in [-0.39, 0.29) is 12.3 Å². The van der Waals surface area contributed by atoms with Crippen LogP contribution in [-0.4, -0.2) is 46.9 Å². The van der Waals surface area contributed by atoms with Crippen LogP contribution in [0.2, 0.25) is 0 Å². The molecular weight excluding hydrogens is 320 g/mol. The lowest BCUT2D eigenvalue weighted by atomic mass is 10.1. The van der Waals surface area contributed by atoms with E-state index in [0.717, 1.165) is 0 Å². The highest BCUT2D eigenvalue weighted by molar-refractivity contribution is 9.10. The van der Waals surface area contributed by atoms with Gasteiger partial charge in [0, 0.05) is 13.1 Å². The van der Waals surface area contributed by atoms with Crippen LogP contribution in [-0.2, 0) is 9.59 Å². The highest BCUT2D eigenvalue weighted by Gasteiger charge is 2.36. The van der Waals surface area contributed by atoms with Gasteiger partial charge in [0.1, 0.15) is 6.04 Å². The van der Waals surface area contributed by atoms with Gasteiger partial charge in [0.25, 0.3) is 5.91 Å². The Morgan fingerprint density at radius 1 is 1.53 bits per heavy atom. The van der Waals surface area contributed by atoms with Crippen molar-refractivity contribution >= 4 is 33.7 Å². The van der Waals surface area contributed by atoms with E-state index in [1.54, 1.807) is 6.07 Å². The average molecular weight is 331 g/mol. The number of nitrogens with one attached hydrogen (secondary N) is 1. The molecule has 2 rings (SSSR count). The van der Waals surface area contributed by atoms with Gasteiger partial charge in [-0.25, -0.2) is 0 Å². The van der Waals surface area contributed by atoms with Crippen molar-refractivity contribution in [2.45, 2.75) is 12.5 Å². The van der Waals surface area contributed by atoms with Crippen molar-refractivity contribution in [1.29, 1.82) is 0 Å². The molecule has 1 aliphatic rings. The van der Waals surface area contributed by atoms with Gasteiger partial charge in [0.05, 0.1) is 6.42 Å². The van der Waals surface area contributed by atoms with Crippen molar-refractivity contribution in [2.24, 2.45) is 0 Å². The predicted octanol–water partition coefficient (Wildman–Crippen LogP) is 0.457.